The normalized spacial score (nSPS) is 14.6. The van der Waals surface area contributed by atoms with Crippen LogP contribution in [-0.2, 0) is 55.1 Å². The van der Waals surface area contributed by atoms with Crippen LogP contribution >= 0.6 is 7.60 Å². The van der Waals surface area contributed by atoms with Gasteiger partial charge in [0, 0.05) is 13.0 Å². The molecule has 0 aliphatic carbocycles. The molecule has 3 rings (SSSR count). The number of anilines is 1. The Hall–Kier alpha value is -4.18. The van der Waals surface area contributed by atoms with E-state index in [0.29, 0.717) is 35.1 Å². The molecule has 0 aliphatic rings. The predicted octanol–water partition coefficient (Wildman–Crippen LogP) is 6.17. The second kappa shape index (κ2) is 21.2. The van der Waals surface area contributed by atoms with Crippen LogP contribution in [0.1, 0.15) is 85.3 Å². The van der Waals surface area contributed by atoms with E-state index in [2.05, 4.69) is 20.3 Å². The summed E-state index contributed by atoms with van der Waals surface area (Å²) in [5, 5.41) is 2.58. The van der Waals surface area contributed by atoms with Gasteiger partial charge in [-0.25, -0.2) is 28.9 Å². The third kappa shape index (κ3) is 14.8. The number of aromatic nitrogens is 4. The van der Waals surface area contributed by atoms with E-state index in [1.165, 1.54) is 18.7 Å². The van der Waals surface area contributed by atoms with E-state index < -0.39 is 49.5 Å². The van der Waals surface area contributed by atoms with E-state index in [9.17, 15) is 23.3 Å². The van der Waals surface area contributed by atoms with Crippen LogP contribution in [-0.4, -0.2) is 88.6 Å². The highest BCUT2D eigenvalue weighted by molar-refractivity contribution is 7.53. The molecule has 0 aliphatic heterocycles. The molecule has 0 radical (unpaired) electrons. The first-order valence-electron chi connectivity index (χ1n) is 18.4. The molecule has 0 saturated heterocycles. The van der Waals surface area contributed by atoms with E-state index >= 15 is 0 Å². The van der Waals surface area contributed by atoms with Gasteiger partial charge in [0.1, 0.15) is 42.3 Å². The minimum atomic E-state index is -3.94. The number of hydrogen-bond donors (Lipinski definition) is 2. The number of benzene rings is 1. The fourth-order valence-electron chi connectivity index (χ4n) is 5.16. The third-order valence-corrected chi connectivity index (χ3v) is 9.94. The number of amides is 1. The molecule has 16 nitrogen and oxygen atoms in total. The number of fused-ring (bicyclic) bond motifs is 1. The topological polar surface area (TPSA) is 205 Å². The van der Waals surface area contributed by atoms with Crippen LogP contribution in [0.2, 0.25) is 0 Å². The zero-order valence-corrected chi connectivity index (χ0v) is 33.9. The molecule has 4 atom stereocenters. The smallest absolute Gasteiger partial charge is 0.408 e. The van der Waals surface area contributed by atoms with Gasteiger partial charge >= 0.3 is 25.6 Å². The lowest BCUT2D eigenvalue weighted by Gasteiger charge is -2.25. The van der Waals surface area contributed by atoms with Crippen molar-refractivity contribution in [1.29, 1.82) is 0 Å². The number of imidazole rings is 1. The van der Waals surface area contributed by atoms with Gasteiger partial charge in [-0.05, 0) is 63.1 Å². The number of halogens is 1. The Bertz CT molecular complexity index is 1770. The minimum Gasteiger partial charge on any atom is -0.464 e. The summed E-state index contributed by atoms with van der Waals surface area (Å²) in [6, 6.07) is 3.78. The highest BCUT2D eigenvalue weighted by atomic mass is 31.2. The highest BCUT2D eigenvalue weighted by Gasteiger charge is 2.30. The Morgan fingerprint density at radius 2 is 1.67 bits per heavy atom. The lowest BCUT2D eigenvalue weighted by molar-refractivity contribution is -0.148. The molecule has 18 heteroatoms. The van der Waals surface area contributed by atoms with E-state index in [1.807, 2.05) is 20.8 Å². The Kier molecular flexibility index (Phi) is 17.4. The van der Waals surface area contributed by atoms with Crippen molar-refractivity contribution in [3.8, 4) is 0 Å². The number of nitrogens with two attached hydrogens (primary N) is 1. The lowest BCUT2D eigenvalue weighted by Crippen LogP contribution is -2.47. The first-order chi connectivity index (χ1) is 25.9. The number of hydrogen-bond acceptors (Lipinski definition) is 14. The van der Waals surface area contributed by atoms with E-state index in [-0.39, 0.29) is 69.5 Å². The summed E-state index contributed by atoms with van der Waals surface area (Å²) in [6.45, 7) is 14.0. The Labute approximate surface area is 321 Å². The lowest BCUT2D eigenvalue weighted by atomic mass is 9.96. The molecule has 0 bridgehead atoms. The van der Waals surface area contributed by atoms with Crippen molar-refractivity contribution in [2.75, 3.05) is 45.1 Å². The van der Waals surface area contributed by atoms with Crippen LogP contribution in [0.4, 0.5) is 15.0 Å². The number of rotatable bonds is 22. The van der Waals surface area contributed by atoms with Crippen LogP contribution in [0.15, 0.2) is 30.9 Å². The molecular weight excluding hydrogens is 738 g/mol. The largest absolute Gasteiger partial charge is 0.464 e. The number of carbonyl (C=O) groups excluding carboxylic acids is 3. The number of nitrogens with one attached hydrogen (secondary N) is 1. The molecule has 0 saturated carbocycles. The highest BCUT2D eigenvalue weighted by Crippen LogP contribution is 2.48. The van der Waals surface area contributed by atoms with Gasteiger partial charge in [0.25, 0.3) is 0 Å². The Morgan fingerprint density at radius 1 is 0.964 bits per heavy atom. The Morgan fingerprint density at radius 3 is 2.35 bits per heavy atom. The van der Waals surface area contributed by atoms with Gasteiger partial charge in [-0.3, -0.25) is 9.36 Å². The number of esters is 2. The molecule has 1 amide bonds. The molecule has 3 aromatic rings. The molecule has 1 aromatic carbocycles. The van der Waals surface area contributed by atoms with Crippen molar-refractivity contribution in [3.05, 3.63) is 47.8 Å². The van der Waals surface area contributed by atoms with Crippen LogP contribution in [0.25, 0.3) is 11.2 Å². The first kappa shape index (κ1) is 45.2. The molecule has 0 spiro atoms. The maximum atomic E-state index is 14.6. The number of nitrogen functional groups attached to an aromatic ring is 1. The van der Waals surface area contributed by atoms with Crippen LogP contribution < -0.4 is 11.1 Å². The summed E-state index contributed by atoms with van der Waals surface area (Å²) >= 11 is 0. The fraction of sp³-hybridized carbons (Fsp3) is 0.622. The summed E-state index contributed by atoms with van der Waals surface area (Å²) in [5.41, 5.74) is 7.10. The van der Waals surface area contributed by atoms with E-state index in [1.54, 1.807) is 51.3 Å². The van der Waals surface area contributed by atoms with Crippen LogP contribution in [0.3, 0.4) is 0 Å². The Balaban J connectivity index is 1.55. The average Bonchev–Trinajstić information content (AvgIpc) is 3.54. The number of ether oxygens (including phenoxy) is 4. The summed E-state index contributed by atoms with van der Waals surface area (Å²) in [4.78, 5) is 50.4. The quantitative estimate of drug-likeness (QED) is 0.0506. The third-order valence-electron chi connectivity index (χ3n) is 8.29. The zero-order chi connectivity index (χ0) is 40.8. The first-order valence-corrected chi connectivity index (χ1v) is 20.1. The minimum absolute atomic E-state index is 0.0738. The number of nitrogens with zero attached hydrogens (tertiary/aromatic N) is 4. The zero-order valence-electron chi connectivity index (χ0n) is 33.0. The van der Waals surface area contributed by atoms with Crippen molar-refractivity contribution in [1.82, 2.24) is 24.8 Å². The van der Waals surface area contributed by atoms with Gasteiger partial charge in [-0.15, -0.1) is 0 Å². The fourth-order valence-corrected chi connectivity index (χ4v) is 6.50. The monoisotopic (exact) mass is 794 g/mol. The van der Waals surface area contributed by atoms with Gasteiger partial charge in [-0.2, -0.15) is 0 Å². The van der Waals surface area contributed by atoms with Gasteiger partial charge in [0.15, 0.2) is 11.5 Å². The van der Waals surface area contributed by atoms with Crippen molar-refractivity contribution in [2.45, 2.75) is 98.8 Å². The maximum absolute atomic E-state index is 14.6. The SMILES string of the molecule is CCC(C)[C@@H](NC(=O)OC(C)(C)C)C(=O)OCCCOP(=O)(COCCn1cnc2c(N)ncnc21)OCCOC(=O)C(C)c1ccc(CC(C)C)c(F)c1. The van der Waals surface area contributed by atoms with E-state index in [0.717, 1.165) is 0 Å². The molecule has 55 heavy (non-hydrogen) atoms. The summed E-state index contributed by atoms with van der Waals surface area (Å²) in [7, 11) is -3.94. The standard InChI is InChI=1S/C37H56FN6O10P/c1-9-25(4)30(43-36(47)54-37(6,7)8)35(46)50-14-10-15-52-55(48,23-49-16-13-44-22-42-31-32(39)40-21-41-33(31)44)53-18-17-51-34(45)26(5)27-11-12-28(19-24(2)3)29(38)20-27/h11-12,20-22,24-26,30H,9-10,13-19,23H2,1-8H3,(H,43,47)(H2,39,40,41)/t25?,26?,30-,55?/m1/s1. The summed E-state index contributed by atoms with van der Waals surface area (Å²) in [5.74, 6) is -2.11. The number of carbonyl (C=O) groups is 3. The molecule has 306 valence electrons. The molecule has 3 unspecified atom stereocenters. The van der Waals surface area contributed by atoms with Gasteiger partial charge in [-0.1, -0.05) is 46.2 Å². The predicted molar refractivity (Wildman–Crippen MR) is 203 cm³/mol. The molecule has 3 N–H and O–H groups in total. The molecular formula is C37H56FN6O10P. The second-order valence-electron chi connectivity index (χ2n) is 14.6. The second-order valence-corrected chi connectivity index (χ2v) is 16.5. The van der Waals surface area contributed by atoms with Gasteiger partial charge in [0.05, 0.1) is 38.7 Å². The summed E-state index contributed by atoms with van der Waals surface area (Å²) in [6.07, 6.45) is 2.98. The van der Waals surface area contributed by atoms with Gasteiger partial charge in [0.2, 0.25) is 0 Å². The van der Waals surface area contributed by atoms with Crippen molar-refractivity contribution >= 4 is 42.6 Å². The average molecular weight is 795 g/mol. The maximum Gasteiger partial charge on any atom is 0.408 e. The molecule has 0 fully saturated rings. The van der Waals surface area contributed by atoms with Crippen molar-refractivity contribution in [3.63, 3.8) is 0 Å². The van der Waals surface area contributed by atoms with Crippen molar-refractivity contribution in [2.24, 2.45) is 11.8 Å². The summed E-state index contributed by atoms with van der Waals surface area (Å²) < 4.78 is 63.1. The van der Waals surface area contributed by atoms with Crippen LogP contribution in [0, 0.1) is 17.7 Å². The van der Waals surface area contributed by atoms with E-state index in [4.69, 9.17) is 33.7 Å². The molecule has 2 heterocycles. The molecule has 2 aromatic heterocycles. The number of alkyl carbamates (subject to hydrolysis) is 1. The van der Waals surface area contributed by atoms with Crippen LogP contribution in [0.5, 0.6) is 0 Å². The van der Waals surface area contributed by atoms with Gasteiger partial charge < -0.3 is 43.6 Å². The van der Waals surface area contributed by atoms with Crippen molar-refractivity contribution < 1.29 is 51.3 Å².